The van der Waals surface area contributed by atoms with Gasteiger partial charge in [-0.1, -0.05) is 68.2 Å². The van der Waals surface area contributed by atoms with Gasteiger partial charge in [0.15, 0.2) is 0 Å². The smallest absolute Gasteiger partial charge is 0.243 e. The molecule has 3 amide bonds. The SMILES string of the molecule is CC(C)C[C@@H]1NC(=O)[C@H](Cc2ccccc2)NC(=O)CCCCC#Cc2cccc(c2)CNC1=O. The molecule has 2 bridgehead atoms. The van der Waals surface area contributed by atoms with Crippen LogP contribution in [-0.4, -0.2) is 29.8 Å². The molecule has 0 fully saturated rings. The molecule has 1 aliphatic rings. The summed E-state index contributed by atoms with van der Waals surface area (Å²) in [7, 11) is 0. The van der Waals surface area contributed by atoms with E-state index >= 15 is 0 Å². The molecule has 0 radical (unpaired) electrons. The zero-order chi connectivity index (χ0) is 25.0. The Hall–Kier alpha value is -3.59. The number of benzene rings is 2. The average Bonchev–Trinajstić information content (AvgIpc) is 2.84. The molecule has 0 aromatic heterocycles. The predicted molar refractivity (Wildman–Crippen MR) is 137 cm³/mol. The van der Waals surface area contributed by atoms with E-state index in [1.807, 2.05) is 68.4 Å². The van der Waals surface area contributed by atoms with Crippen LogP contribution in [-0.2, 0) is 27.3 Å². The van der Waals surface area contributed by atoms with Crippen LogP contribution in [0.15, 0.2) is 54.6 Å². The largest absolute Gasteiger partial charge is 0.350 e. The molecule has 2 atom stereocenters. The number of nitrogens with one attached hydrogen (secondary N) is 3. The third kappa shape index (κ3) is 8.94. The first-order chi connectivity index (χ1) is 16.9. The van der Waals surface area contributed by atoms with Gasteiger partial charge in [-0.25, -0.2) is 0 Å². The van der Waals surface area contributed by atoms with Crippen molar-refractivity contribution in [2.45, 2.75) is 71.0 Å². The number of carbonyl (C=O) groups excluding carboxylic acids is 3. The van der Waals surface area contributed by atoms with Gasteiger partial charge in [0.25, 0.3) is 0 Å². The Bertz CT molecular complexity index is 1070. The van der Waals surface area contributed by atoms with Crippen molar-refractivity contribution in [2.24, 2.45) is 5.92 Å². The van der Waals surface area contributed by atoms with Crippen molar-refractivity contribution in [3.05, 3.63) is 71.3 Å². The van der Waals surface area contributed by atoms with Gasteiger partial charge in [-0.2, -0.15) is 0 Å². The summed E-state index contributed by atoms with van der Waals surface area (Å²) >= 11 is 0. The van der Waals surface area contributed by atoms with Crippen molar-refractivity contribution in [2.75, 3.05) is 0 Å². The summed E-state index contributed by atoms with van der Waals surface area (Å²) in [4.78, 5) is 39.0. The highest BCUT2D eigenvalue weighted by atomic mass is 16.2. The standard InChI is InChI=1S/C29H35N3O3/c1-21(2)17-25-28(34)30-20-24-15-10-14-22(18-24)11-6-3-4-9-16-27(33)31-26(29(35)32-25)19-23-12-7-5-8-13-23/h5,7-8,10,12-15,18,21,25-26H,3-4,9,16-17,19-20H2,1-2H3,(H,30,34)(H,31,33)(H,32,35)/t25-,26-/m0/s1. The average molecular weight is 474 g/mol. The van der Waals surface area contributed by atoms with Crippen LogP contribution < -0.4 is 16.0 Å². The molecule has 6 heteroatoms. The van der Waals surface area contributed by atoms with Gasteiger partial charge in [0.1, 0.15) is 12.1 Å². The molecule has 1 aliphatic heterocycles. The third-order valence-corrected chi connectivity index (χ3v) is 5.86. The summed E-state index contributed by atoms with van der Waals surface area (Å²) < 4.78 is 0. The van der Waals surface area contributed by atoms with E-state index in [4.69, 9.17) is 0 Å². The van der Waals surface area contributed by atoms with Crippen molar-refractivity contribution >= 4 is 17.7 Å². The van der Waals surface area contributed by atoms with Crippen LogP contribution in [0.2, 0.25) is 0 Å². The number of carbonyl (C=O) groups is 3. The monoisotopic (exact) mass is 473 g/mol. The van der Waals surface area contributed by atoms with E-state index in [0.29, 0.717) is 38.6 Å². The van der Waals surface area contributed by atoms with Crippen LogP contribution >= 0.6 is 0 Å². The van der Waals surface area contributed by atoms with Crippen LogP contribution in [0.5, 0.6) is 0 Å². The maximum absolute atomic E-state index is 13.3. The maximum atomic E-state index is 13.3. The first-order valence-electron chi connectivity index (χ1n) is 12.4. The summed E-state index contributed by atoms with van der Waals surface area (Å²) in [5.74, 6) is 5.77. The predicted octanol–water partition coefficient (Wildman–Crippen LogP) is 3.49. The molecule has 1 heterocycles. The lowest BCUT2D eigenvalue weighted by Crippen LogP contribution is -2.54. The fraction of sp³-hybridized carbons (Fsp3) is 0.414. The second kappa shape index (κ2) is 13.3. The molecule has 0 spiro atoms. The third-order valence-electron chi connectivity index (χ3n) is 5.86. The molecule has 184 valence electrons. The van der Waals surface area contributed by atoms with Gasteiger partial charge in [-0.3, -0.25) is 14.4 Å². The van der Waals surface area contributed by atoms with E-state index in [9.17, 15) is 14.4 Å². The first kappa shape index (κ1) is 26.0. The summed E-state index contributed by atoms with van der Waals surface area (Å²) in [6.45, 7) is 4.37. The first-order valence-corrected chi connectivity index (χ1v) is 12.4. The minimum atomic E-state index is -0.761. The highest BCUT2D eigenvalue weighted by molar-refractivity contribution is 5.92. The molecule has 2 aromatic rings. The van der Waals surface area contributed by atoms with Gasteiger partial charge in [0.2, 0.25) is 17.7 Å². The molecule has 0 unspecified atom stereocenters. The Morgan fingerprint density at radius 2 is 1.71 bits per heavy atom. The molecule has 3 N–H and O–H groups in total. The second-order valence-electron chi connectivity index (χ2n) is 9.43. The fourth-order valence-corrected chi connectivity index (χ4v) is 4.04. The van der Waals surface area contributed by atoms with Crippen LogP contribution in [0.1, 0.15) is 62.6 Å². The summed E-state index contributed by atoms with van der Waals surface area (Å²) in [6.07, 6.45) is 3.37. The van der Waals surface area contributed by atoms with E-state index in [1.54, 1.807) is 0 Å². The zero-order valence-electron chi connectivity index (χ0n) is 20.6. The molecule has 0 saturated carbocycles. The van der Waals surface area contributed by atoms with Crippen molar-refractivity contribution < 1.29 is 14.4 Å². The van der Waals surface area contributed by atoms with E-state index in [0.717, 1.165) is 23.1 Å². The van der Waals surface area contributed by atoms with Crippen LogP contribution in [0.3, 0.4) is 0 Å². The Balaban J connectivity index is 1.83. The van der Waals surface area contributed by atoms with E-state index in [-0.39, 0.29) is 23.6 Å². The number of rotatable bonds is 4. The minimum Gasteiger partial charge on any atom is -0.350 e. The van der Waals surface area contributed by atoms with Crippen molar-refractivity contribution in [1.29, 1.82) is 0 Å². The summed E-state index contributed by atoms with van der Waals surface area (Å²) in [5, 5.41) is 8.76. The Kier molecular flexibility index (Phi) is 9.92. The van der Waals surface area contributed by atoms with Crippen LogP contribution in [0, 0.1) is 17.8 Å². The fourth-order valence-electron chi connectivity index (χ4n) is 4.04. The Morgan fingerprint density at radius 3 is 2.49 bits per heavy atom. The lowest BCUT2D eigenvalue weighted by atomic mass is 10.0. The second-order valence-corrected chi connectivity index (χ2v) is 9.43. The molecule has 0 aliphatic carbocycles. The van der Waals surface area contributed by atoms with E-state index in [2.05, 4.69) is 27.8 Å². The zero-order valence-corrected chi connectivity index (χ0v) is 20.6. The molecular weight excluding hydrogens is 438 g/mol. The van der Waals surface area contributed by atoms with Crippen LogP contribution in [0.25, 0.3) is 0 Å². The van der Waals surface area contributed by atoms with Gasteiger partial charge < -0.3 is 16.0 Å². The number of hydrogen-bond donors (Lipinski definition) is 3. The Labute approximate surface area is 208 Å². The molecule has 3 rings (SSSR count). The normalized spacial score (nSPS) is 19.9. The van der Waals surface area contributed by atoms with Gasteiger partial charge in [-0.15, -0.1) is 0 Å². The van der Waals surface area contributed by atoms with Gasteiger partial charge >= 0.3 is 0 Å². The van der Waals surface area contributed by atoms with Crippen molar-refractivity contribution in [1.82, 2.24) is 16.0 Å². The quantitative estimate of drug-likeness (QED) is 0.594. The summed E-state index contributed by atoms with van der Waals surface area (Å²) in [5.41, 5.74) is 2.79. The Morgan fingerprint density at radius 1 is 0.914 bits per heavy atom. The molecule has 0 saturated heterocycles. The molecule has 2 aromatic carbocycles. The minimum absolute atomic E-state index is 0.173. The lowest BCUT2D eigenvalue weighted by molar-refractivity contribution is -0.132. The number of amides is 3. The summed E-state index contributed by atoms with van der Waals surface area (Å²) in [6, 6.07) is 15.9. The molecule has 6 nitrogen and oxygen atoms in total. The van der Waals surface area contributed by atoms with Crippen molar-refractivity contribution in [3.8, 4) is 11.8 Å². The molecular formula is C29H35N3O3. The number of hydrogen-bond acceptors (Lipinski definition) is 3. The van der Waals surface area contributed by atoms with Gasteiger partial charge in [0.05, 0.1) is 0 Å². The van der Waals surface area contributed by atoms with Gasteiger partial charge in [-0.05, 0) is 48.4 Å². The highest BCUT2D eigenvalue weighted by Crippen LogP contribution is 2.10. The number of fused-ring (bicyclic) bond motifs is 2. The van der Waals surface area contributed by atoms with E-state index < -0.39 is 12.1 Å². The molecule has 35 heavy (non-hydrogen) atoms. The van der Waals surface area contributed by atoms with Crippen molar-refractivity contribution in [3.63, 3.8) is 0 Å². The van der Waals surface area contributed by atoms with Gasteiger partial charge in [0, 0.05) is 31.4 Å². The van der Waals surface area contributed by atoms with E-state index in [1.165, 1.54) is 0 Å². The lowest BCUT2D eigenvalue weighted by Gasteiger charge is -2.24. The maximum Gasteiger partial charge on any atom is 0.243 e. The highest BCUT2D eigenvalue weighted by Gasteiger charge is 2.27. The topological polar surface area (TPSA) is 87.3 Å². The van der Waals surface area contributed by atoms with Crippen LogP contribution in [0.4, 0.5) is 0 Å².